The highest BCUT2D eigenvalue weighted by molar-refractivity contribution is 5.21. The van der Waals surface area contributed by atoms with Crippen molar-refractivity contribution >= 4 is 0 Å². The number of nitrogens with zero attached hydrogens (tertiary/aromatic N) is 2. The Morgan fingerprint density at radius 3 is 2.65 bits per heavy atom. The van der Waals surface area contributed by atoms with Gasteiger partial charge < -0.3 is 24.8 Å². The maximum atomic E-state index is 11.3. The van der Waals surface area contributed by atoms with Gasteiger partial charge in [-0.1, -0.05) is 36.4 Å². The highest BCUT2D eigenvalue weighted by Gasteiger charge is 2.23. The second kappa shape index (κ2) is 12.6. The molecule has 7 heteroatoms. The van der Waals surface area contributed by atoms with E-state index in [2.05, 4.69) is 34.5 Å². The van der Waals surface area contributed by atoms with Crippen LogP contribution in [0.15, 0.2) is 59.5 Å². The molecule has 7 nitrogen and oxygen atoms in total. The highest BCUT2D eigenvalue weighted by atomic mass is 16.5. The Bertz CT molecular complexity index is 717. The Morgan fingerprint density at radius 1 is 1.19 bits per heavy atom. The molecule has 3 rings (SSSR count). The number of hydrogen-bond donors (Lipinski definition) is 2. The zero-order valence-corrected chi connectivity index (χ0v) is 18.4. The van der Waals surface area contributed by atoms with Crippen LogP contribution in [-0.2, 0) is 4.74 Å². The van der Waals surface area contributed by atoms with Crippen molar-refractivity contribution in [2.75, 3.05) is 39.4 Å². The van der Waals surface area contributed by atoms with Crippen LogP contribution in [0.4, 0.5) is 0 Å². The zero-order chi connectivity index (χ0) is 21.9. The average molecular weight is 430 g/mol. The summed E-state index contributed by atoms with van der Waals surface area (Å²) in [6.07, 6.45) is 8.55. The molecule has 2 N–H and O–H groups in total. The van der Waals surface area contributed by atoms with Gasteiger partial charge in [-0.15, -0.1) is 0 Å². The third kappa shape index (κ3) is 8.44. The lowest BCUT2D eigenvalue weighted by atomic mass is 10.0. The van der Waals surface area contributed by atoms with Gasteiger partial charge in [-0.25, -0.2) is 0 Å². The van der Waals surface area contributed by atoms with E-state index in [-0.39, 0.29) is 12.6 Å². The molecule has 1 aliphatic heterocycles. The van der Waals surface area contributed by atoms with Crippen LogP contribution in [0, 0.1) is 10.8 Å². The fourth-order valence-electron chi connectivity index (χ4n) is 3.81. The van der Waals surface area contributed by atoms with Crippen molar-refractivity contribution in [1.82, 2.24) is 10.2 Å². The van der Waals surface area contributed by atoms with Gasteiger partial charge in [0.05, 0.1) is 0 Å². The third-order valence-corrected chi connectivity index (χ3v) is 5.76. The number of benzene rings is 1. The van der Waals surface area contributed by atoms with Crippen molar-refractivity contribution in [3.8, 4) is 5.75 Å². The van der Waals surface area contributed by atoms with Gasteiger partial charge in [0.25, 0.3) is 0 Å². The Morgan fingerprint density at radius 2 is 1.97 bits per heavy atom. The van der Waals surface area contributed by atoms with Crippen LogP contribution < -0.4 is 10.1 Å². The van der Waals surface area contributed by atoms with Crippen molar-refractivity contribution in [2.45, 2.75) is 44.4 Å². The number of aliphatic hydroxyl groups is 1. The number of para-hydroxylation sites is 1. The third-order valence-electron chi connectivity index (χ3n) is 5.76. The lowest BCUT2D eigenvalue weighted by Gasteiger charge is -2.33. The lowest BCUT2D eigenvalue weighted by molar-refractivity contribution is 0.0967. The first-order chi connectivity index (χ1) is 15.1. The van der Waals surface area contributed by atoms with Gasteiger partial charge in [0.2, 0.25) is 0 Å². The summed E-state index contributed by atoms with van der Waals surface area (Å²) < 4.78 is 11.4. The number of aliphatic hydroxyl groups excluding tert-OH is 1. The fraction of sp³-hybridized carbons (Fsp3) is 0.583. The summed E-state index contributed by atoms with van der Waals surface area (Å²) in [6.45, 7) is 5.69. The van der Waals surface area contributed by atoms with Crippen molar-refractivity contribution < 1.29 is 14.6 Å². The molecule has 1 fully saturated rings. The Balaban J connectivity index is 1.28. The van der Waals surface area contributed by atoms with Gasteiger partial charge >= 0.3 is 0 Å². The van der Waals surface area contributed by atoms with E-state index in [4.69, 9.17) is 9.47 Å². The Labute approximate surface area is 185 Å². The summed E-state index contributed by atoms with van der Waals surface area (Å²) in [5.41, 5.74) is 0. The summed E-state index contributed by atoms with van der Waals surface area (Å²) in [7, 11) is 0. The second-order valence-corrected chi connectivity index (χ2v) is 8.51. The van der Waals surface area contributed by atoms with Crippen LogP contribution >= 0.6 is 0 Å². The van der Waals surface area contributed by atoms with E-state index in [1.54, 1.807) is 0 Å². The SMILES string of the molecule is CC1C=CC(OCC(CN2CCC(NCC(O)COc3ccccc3)CC2)N=O)=CC1. The highest BCUT2D eigenvalue weighted by Crippen LogP contribution is 2.17. The van der Waals surface area contributed by atoms with Crippen molar-refractivity contribution in [2.24, 2.45) is 11.1 Å². The number of nitrogens with one attached hydrogen (secondary N) is 1. The molecule has 0 radical (unpaired) electrons. The molecule has 31 heavy (non-hydrogen) atoms. The second-order valence-electron chi connectivity index (χ2n) is 8.51. The van der Waals surface area contributed by atoms with Gasteiger partial charge in [-0.2, -0.15) is 4.91 Å². The molecule has 0 saturated carbocycles. The summed E-state index contributed by atoms with van der Waals surface area (Å²) >= 11 is 0. The number of nitroso groups, excluding NO2 is 1. The number of piperidine rings is 1. The molecule has 3 unspecified atom stereocenters. The molecule has 0 aromatic heterocycles. The maximum absolute atomic E-state index is 11.3. The minimum Gasteiger partial charge on any atom is -0.492 e. The molecule has 3 atom stereocenters. The number of rotatable bonds is 12. The molecule has 1 aromatic carbocycles. The van der Waals surface area contributed by atoms with E-state index in [0.717, 1.165) is 43.9 Å². The molecule has 1 aliphatic carbocycles. The first-order valence-electron chi connectivity index (χ1n) is 11.3. The van der Waals surface area contributed by atoms with E-state index < -0.39 is 6.10 Å². The number of likely N-dealkylation sites (tertiary alicyclic amines) is 1. The van der Waals surface area contributed by atoms with E-state index in [0.29, 0.717) is 31.7 Å². The number of ether oxygens (including phenoxy) is 2. The van der Waals surface area contributed by atoms with Gasteiger partial charge in [0.15, 0.2) is 0 Å². The number of allylic oxidation sites excluding steroid dienone is 3. The monoisotopic (exact) mass is 429 g/mol. The summed E-state index contributed by atoms with van der Waals surface area (Å²) in [5, 5.41) is 16.9. The lowest BCUT2D eigenvalue weighted by Crippen LogP contribution is -2.47. The largest absolute Gasteiger partial charge is 0.492 e. The first kappa shape index (κ1) is 23.4. The van der Waals surface area contributed by atoms with E-state index >= 15 is 0 Å². The van der Waals surface area contributed by atoms with E-state index in [1.165, 1.54) is 0 Å². The van der Waals surface area contributed by atoms with Crippen LogP contribution in [0.1, 0.15) is 26.2 Å². The van der Waals surface area contributed by atoms with Gasteiger partial charge in [-0.05, 0) is 62.6 Å². The van der Waals surface area contributed by atoms with Gasteiger partial charge in [0, 0.05) is 19.1 Å². The van der Waals surface area contributed by atoms with Crippen molar-refractivity contribution in [1.29, 1.82) is 0 Å². The molecular formula is C24H35N3O4. The van der Waals surface area contributed by atoms with Crippen molar-refractivity contribution in [3.63, 3.8) is 0 Å². The maximum Gasteiger partial charge on any atom is 0.138 e. The zero-order valence-electron chi connectivity index (χ0n) is 18.4. The van der Waals surface area contributed by atoms with E-state index in [1.807, 2.05) is 36.4 Å². The van der Waals surface area contributed by atoms with Crippen LogP contribution in [0.25, 0.3) is 0 Å². The predicted octanol–water partition coefficient (Wildman–Crippen LogP) is 3.11. The number of hydrogen-bond acceptors (Lipinski definition) is 7. The van der Waals surface area contributed by atoms with Crippen LogP contribution in [0.5, 0.6) is 5.75 Å². The fourth-order valence-corrected chi connectivity index (χ4v) is 3.81. The molecule has 1 aromatic rings. The summed E-state index contributed by atoms with van der Waals surface area (Å²) in [4.78, 5) is 13.5. The normalized spacial score (nSPS) is 21.9. The van der Waals surface area contributed by atoms with Gasteiger partial charge in [-0.3, -0.25) is 0 Å². The quantitative estimate of drug-likeness (QED) is 0.497. The smallest absolute Gasteiger partial charge is 0.138 e. The minimum atomic E-state index is -0.551. The van der Waals surface area contributed by atoms with Crippen LogP contribution in [0.3, 0.4) is 0 Å². The Kier molecular flexibility index (Phi) is 9.52. The average Bonchev–Trinajstić information content (AvgIpc) is 2.81. The summed E-state index contributed by atoms with van der Waals surface area (Å²) in [5.74, 6) is 2.15. The first-order valence-corrected chi connectivity index (χ1v) is 11.3. The molecule has 0 amide bonds. The molecule has 1 saturated heterocycles. The molecule has 2 aliphatic rings. The molecule has 1 heterocycles. The Hall–Kier alpha value is -2.22. The molecule has 170 valence electrons. The van der Waals surface area contributed by atoms with Crippen molar-refractivity contribution in [3.05, 3.63) is 59.2 Å². The van der Waals surface area contributed by atoms with Crippen LogP contribution in [0.2, 0.25) is 0 Å². The predicted molar refractivity (Wildman–Crippen MR) is 122 cm³/mol. The van der Waals surface area contributed by atoms with Crippen LogP contribution in [-0.4, -0.2) is 67.6 Å². The molecular weight excluding hydrogens is 394 g/mol. The molecule has 0 spiro atoms. The molecule has 0 bridgehead atoms. The standard InChI is InChI=1S/C24H35N3O4/c1-19-7-9-24(10-8-19)30-17-21(26-29)16-27-13-11-20(12-14-27)25-15-22(28)18-31-23-5-3-2-4-6-23/h2-7,9-10,19-22,25,28H,8,11-18H2,1H3. The van der Waals surface area contributed by atoms with E-state index in [9.17, 15) is 10.0 Å². The topological polar surface area (TPSA) is 83.4 Å². The van der Waals surface area contributed by atoms with Gasteiger partial charge in [0.1, 0.15) is 36.9 Å². The summed E-state index contributed by atoms with van der Waals surface area (Å²) in [6, 6.07) is 9.52. The minimum absolute atomic E-state index is 0.271.